The molecule has 1 N–H and O–H groups in total. The highest BCUT2D eigenvalue weighted by Gasteiger charge is 1.91. The number of halogens is 1. The summed E-state index contributed by atoms with van der Waals surface area (Å²) in [5.41, 5.74) is 0.863. The van der Waals surface area contributed by atoms with Crippen LogP contribution in [-0.2, 0) is 0 Å². The van der Waals surface area contributed by atoms with Gasteiger partial charge < -0.3 is 0 Å². The van der Waals surface area contributed by atoms with Gasteiger partial charge in [0.25, 0.3) is 0 Å². The average molecular weight is 116 g/mol. The van der Waals surface area contributed by atoms with Gasteiger partial charge in [0.2, 0.25) is 0 Å². The predicted octanol–water partition coefficient (Wildman–Crippen LogP) is 1.17. The molecule has 1 aromatic rings. The van der Waals surface area contributed by atoms with Crippen LogP contribution >= 0.6 is 11.6 Å². The fraction of sp³-hybridized carbons (Fsp3) is 0.250. The highest BCUT2D eigenvalue weighted by atomic mass is 35.5. The van der Waals surface area contributed by atoms with Gasteiger partial charge in [0.1, 0.15) is 6.20 Å². The first kappa shape index (κ1) is 4.65. The van der Waals surface area contributed by atoms with Crippen molar-refractivity contribution in [3.8, 4) is 0 Å². The minimum atomic E-state index is 0.569. The summed E-state index contributed by atoms with van der Waals surface area (Å²) >= 11 is 5.47. The molecule has 7 heavy (non-hydrogen) atoms. The van der Waals surface area contributed by atoms with E-state index in [9.17, 15) is 0 Å². The fourth-order valence-corrected chi connectivity index (χ4v) is 0.378. The highest BCUT2D eigenvalue weighted by Crippen LogP contribution is 2.07. The van der Waals surface area contributed by atoms with Gasteiger partial charge in [-0.05, 0) is 6.92 Å². The molecule has 0 unspecified atom stereocenters. The Morgan fingerprint density at radius 3 is 2.71 bits per heavy atom. The second kappa shape index (κ2) is 1.54. The van der Waals surface area contributed by atoms with Gasteiger partial charge in [-0.2, -0.15) is 5.10 Å². The van der Waals surface area contributed by atoms with E-state index >= 15 is 0 Å². The average Bonchev–Trinajstić information content (AvgIpc) is 1.91. The standard InChI is InChI=1S/C4H4ClN2/c1-3-4(5)2-6-7-3/h1H3,(H,6,7). The monoisotopic (exact) mass is 115 g/mol. The highest BCUT2D eigenvalue weighted by molar-refractivity contribution is 6.30. The summed E-state index contributed by atoms with van der Waals surface area (Å²) in [6.45, 7) is 1.84. The van der Waals surface area contributed by atoms with Crippen LogP contribution < -0.4 is 0 Å². The van der Waals surface area contributed by atoms with Crippen molar-refractivity contribution in [2.45, 2.75) is 6.92 Å². The van der Waals surface area contributed by atoms with Gasteiger partial charge in [-0.1, -0.05) is 11.6 Å². The topological polar surface area (TPSA) is 28.7 Å². The molecule has 2 nitrogen and oxygen atoms in total. The molecule has 0 saturated heterocycles. The van der Waals surface area contributed by atoms with Crippen molar-refractivity contribution in [1.29, 1.82) is 0 Å². The SMILES string of the molecule is Cc1[nH]n[c]c1Cl. The van der Waals surface area contributed by atoms with Crippen LogP contribution in [0.2, 0.25) is 5.02 Å². The zero-order valence-corrected chi connectivity index (χ0v) is 4.58. The molecule has 0 aromatic carbocycles. The summed E-state index contributed by atoms with van der Waals surface area (Å²) in [5, 5.41) is 6.74. The maximum absolute atomic E-state index is 5.47. The van der Waals surface area contributed by atoms with Gasteiger partial charge in [-0.3, -0.25) is 5.10 Å². The zero-order valence-electron chi connectivity index (χ0n) is 3.83. The Kier molecular flexibility index (Phi) is 1.02. The molecule has 1 aromatic heterocycles. The van der Waals surface area contributed by atoms with Gasteiger partial charge in [0, 0.05) is 0 Å². The van der Waals surface area contributed by atoms with Crippen LogP contribution in [-0.4, -0.2) is 10.2 Å². The molecule has 0 saturated carbocycles. The lowest BCUT2D eigenvalue weighted by molar-refractivity contribution is 1.04. The number of hydrogen-bond acceptors (Lipinski definition) is 1. The molecule has 0 atom stereocenters. The number of nitrogens with zero attached hydrogens (tertiary/aromatic N) is 1. The van der Waals surface area contributed by atoms with Crippen LogP contribution in [0.3, 0.4) is 0 Å². The van der Waals surface area contributed by atoms with Crippen molar-refractivity contribution < 1.29 is 0 Å². The fourth-order valence-electron chi connectivity index (χ4n) is 0.294. The van der Waals surface area contributed by atoms with E-state index in [0.717, 1.165) is 5.69 Å². The minimum absolute atomic E-state index is 0.569. The summed E-state index contributed by atoms with van der Waals surface area (Å²) in [6.07, 6.45) is 2.53. The second-order valence-corrected chi connectivity index (χ2v) is 1.65. The van der Waals surface area contributed by atoms with Crippen molar-refractivity contribution in [2.75, 3.05) is 0 Å². The van der Waals surface area contributed by atoms with E-state index in [-0.39, 0.29) is 0 Å². The smallest absolute Gasteiger partial charge is 0.133 e. The summed E-state index contributed by atoms with van der Waals surface area (Å²) < 4.78 is 0. The van der Waals surface area contributed by atoms with E-state index in [4.69, 9.17) is 11.6 Å². The van der Waals surface area contributed by atoms with E-state index in [0.29, 0.717) is 5.02 Å². The van der Waals surface area contributed by atoms with E-state index < -0.39 is 0 Å². The molecule has 0 fully saturated rings. The molecular weight excluding hydrogens is 112 g/mol. The number of aryl methyl sites for hydroxylation is 1. The molecular formula is C4H4ClN2. The quantitative estimate of drug-likeness (QED) is 0.540. The molecule has 0 amide bonds. The number of rotatable bonds is 0. The largest absolute Gasteiger partial charge is 0.281 e. The van der Waals surface area contributed by atoms with E-state index in [1.165, 1.54) is 0 Å². The number of hydrogen-bond donors (Lipinski definition) is 1. The molecule has 0 aliphatic rings. The first-order chi connectivity index (χ1) is 3.30. The van der Waals surface area contributed by atoms with Crippen LogP contribution in [0.15, 0.2) is 0 Å². The first-order valence-electron chi connectivity index (χ1n) is 1.89. The van der Waals surface area contributed by atoms with Crippen molar-refractivity contribution in [3.05, 3.63) is 16.9 Å². The Morgan fingerprint density at radius 1 is 1.86 bits per heavy atom. The van der Waals surface area contributed by atoms with Gasteiger partial charge >= 0.3 is 0 Å². The van der Waals surface area contributed by atoms with E-state index in [1.54, 1.807) is 0 Å². The van der Waals surface area contributed by atoms with Crippen LogP contribution in [0.1, 0.15) is 5.69 Å². The Morgan fingerprint density at radius 2 is 2.57 bits per heavy atom. The van der Waals surface area contributed by atoms with Gasteiger partial charge in [0.15, 0.2) is 0 Å². The summed E-state index contributed by atoms with van der Waals surface area (Å²) in [7, 11) is 0. The Balaban J connectivity index is 3.12. The number of nitrogens with one attached hydrogen (secondary N) is 1. The predicted molar refractivity (Wildman–Crippen MR) is 27.2 cm³/mol. The molecule has 0 bridgehead atoms. The molecule has 1 rings (SSSR count). The Bertz CT molecular complexity index is 142. The van der Waals surface area contributed by atoms with Crippen LogP contribution in [0.5, 0.6) is 0 Å². The summed E-state index contributed by atoms with van der Waals surface area (Å²) in [6, 6.07) is 0. The molecule has 0 aliphatic heterocycles. The normalized spacial score (nSPS) is 9.43. The molecule has 0 aliphatic carbocycles. The lowest BCUT2D eigenvalue weighted by Gasteiger charge is -1.75. The van der Waals surface area contributed by atoms with Crippen molar-refractivity contribution in [2.24, 2.45) is 0 Å². The lowest BCUT2D eigenvalue weighted by Crippen LogP contribution is -1.67. The Labute approximate surface area is 46.5 Å². The maximum Gasteiger partial charge on any atom is 0.133 e. The zero-order chi connectivity index (χ0) is 5.28. The van der Waals surface area contributed by atoms with E-state index in [2.05, 4.69) is 16.4 Å². The van der Waals surface area contributed by atoms with E-state index in [1.807, 2.05) is 6.92 Å². The number of H-pyrrole nitrogens is 1. The molecule has 37 valence electrons. The Hall–Kier alpha value is -0.500. The van der Waals surface area contributed by atoms with Crippen LogP contribution in [0, 0.1) is 13.1 Å². The third-order valence-corrected chi connectivity index (χ3v) is 1.07. The van der Waals surface area contributed by atoms with Crippen molar-refractivity contribution >= 4 is 11.6 Å². The van der Waals surface area contributed by atoms with Gasteiger partial charge in [0.05, 0.1) is 10.7 Å². The molecule has 1 radical (unpaired) electrons. The lowest BCUT2D eigenvalue weighted by atomic mass is 10.5. The number of aromatic nitrogens is 2. The van der Waals surface area contributed by atoms with Crippen molar-refractivity contribution in [3.63, 3.8) is 0 Å². The molecule has 1 heterocycles. The van der Waals surface area contributed by atoms with Crippen molar-refractivity contribution in [1.82, 2.24) is 10.2 Å². The first-order valence-corrected chi connectivity index (χ1v) is 2.26. The summed E-state index contributed by atoms with van der Waals surface area (Å²) in [4.78, 5) is 0. The summed E-state index contributed by atoms with van der Waals surface area (Å²) in [5.74, 6) is 0. The van der Waals surface area contributed by atoms with Gasteiger partial charge in [-0.15, -0.1) is 0 Å². The third kappa shape index (κ3) is 0.747. The molecule has 0 spiro atoms. The minimum Gasteiger partial charge on any atom is -0.281 e. The maximum atomic E-state index is 5.47. The number of aromatic amines is 1. The third-order valence-electron chi connectivity index (χ3n) is 0.707. The second-order valence-electron chi connectivity index (χ2n) is 1.27. The van der Waals surface area contributed by atoms with Gasteiger partial charge in [-0.25, -0.2) is 0 Å². The van der Waals surface area contributed by atoms with Crippen LogP contribution in [0.4, 0.5) is 0 Å². The van der Waals surface area contributed by atoms with Crippen LogP contribution in [0.25, 0.3) is 0 Å². The molecule has 3 heteroatoms.